The van der Waals surface area contributed by atoms with Gasteiger partial charge in [0.15, 0.2) is 0 Å². The fraction of sp³-hybridized carbons (Fsp3) is 0.278. The quantitative estimate of drug-likeness (QED) is 0.585. The number of hydrogen-bond donors (Lipinski definition) is 0. The monoisotopic (exact) mass is 424 g/mol. The molecule has 2 aromatic heterocycles. The Morgan fingerprint density at radius 1 is 1.41 bits per heavy atom. The third-order valence-electron chi connectivity index (χ3n) is 4.31. The Bertz CT molecular complexity index is 1040. The molecule has 27 heavy (non-hydrogen) atoms. The van der Waals surface area contributed by atoms with Gasteiger partial charge in [0.05, 0.1) is 18.8 Å². The number of rotatable bonds is 4. The number of carbonyl (C=O) groups excluding carboxylic acids is 2. The highest BCUT2D eigenvalue weighted by atomic mass is 35.5. The molecule has 3 aromatic rings. The van der Waals surface area contributed by atoms with E-state index in [0.717, 1.165) is 21.5 Å². The summed E-state index contributed by atoms with van der Waals surface area (Å²) in [7, 11) is 0. The van der Waals surface area contributed by atoms with Gasteiger partial charge in [0.25, 0.3) is 0 Å². The summed E-state index contributed by atoms with van der Waals surface area (Å²) in [6, 6.07) is 7.06. The topological polar surface area (TPSA) is 70.4 Å². The van der Waals surface area contributed by atoms with Gasteiger partial charge in [-0.2, -0.15) is 5.10 Å². The minimum Gasteiger partial charge on any atom is -0.463 e. The van der Waals surface area contributed by atoms with Crippen molar-refractivity contribution < 1.29 is 19.1 Å². The number of aryl methyl sites for hydroxylation is 1. The van der Waals surface area contributed by atoms with Gasteiger partial charge < -0.3 is 9.47 Å². The van der Waals surface area contributed by atoms with E-state index in [0.29, 0.717) is 27.9 Å². The van der Waals surface area contributed by atoms with E-state index >= 15 is 0 Å². The van der Waals surface area contributed by atoms with Crippen LogP contribution in [0.5, 0.6) is 0 Å². The number of aromatic nitrogens is 2. The Labute approximate surface area is 168 Å². The second-order valence-electron chi connectivity index (χ2n) is 6.12. The third kappa shape index (κ3) is 3.42. The Kier molecular flexibility index (Phi) is 4.84. The summed E-state index contributed by atoms with van der Waals surface area (Å²) in [5.41, 5.74) is 1.54. The largest absolute Gasteiger partial charge is 0.463 e. The smallest absolute Gasteiger partial charge is 0.349 e. The fourth-order valence-corrected chi connectivity index (χ4v) is 4.49. The second kappa shape index (κ2) is 7.14. The summed E-state index contributed by atoms with van der Waals surface area (Å²) < 4.78 is 11.9. The van der Waals surface area contributed by atoms with Crippen LogP contribution >= 0.6 is 34.5 Å². The van der Waals surface area contributed by atoms with E-state index in [4.69, 9.17) is 32.7 Å². The number of fused-ring (bicyclic) bond motifs is 1. The summed E-state index contributed by atoms with van der Waals surface area (Å²) in [6.45, 7) is 2.52. The standard InChI is InChI=1S/C18H14Cl2N2O4S/c1-9-10-7-15(18(24)26-14-5-6-25-17(14)23)27-16(10)22(21-9)8-11-12(19)3-2-4-13(11)20/h2-4,7,14H,5-6,8H2,1H3/t14-/m1/s1. The Hall–Kier alpha value is -2.09. The van der Waals surface area contributed by atoms with Crippen molar-refractivity contribution in [3.63, 3.8) is 0 Å². The molecule has 6 nitrogen and oxygen atoms in total. The first kappa shape index (κ1) is 18.3. The summed E-state index contributed by atoms with van der Waals surface area (Å²) >= 11 is 13.8. The van der Waals surface area contributed by atoms with Crippen LogP contribution in [0, 0.1) is 6.92 Å². The maximum atomic E-state index is 12.4. The number of ether oxygens (including phenoxy) is 2. The molecule has 0 amide bonds. The lowest BCUT2D eigenvalue weighted by atomic mass is 10.2. The molecular formula is C18H14Cl2N2O4S. The van der Waals surface area contributed by atoms with Gasteiger partial charge in [0.1, 0.15) is 9.71 Å². The molecule has 1 aromatic carbocycles. The van der Waals surface area contributed by atoms with Crippen molar-refractivity contribution in [2.24, 2.45) is 0 Å². The molecular weight excluding hydrogens is 411 g/mol. The van der Waals surface area contributed by atoms with Crippen LogP contribution in [0.25, 0.3) is 10.2 Å². The highest BCUT2D eigenvalue weighted by Gasteiger charge is 2.31. The van der Waals surface area contributed by atoms with Gasteiger partial charge in [-0.3, -0.25) is 0 Å². The minimum absolute atomic E-state index is 0.274. The molecule has 1 fully saturated rings. The molecule has 9 heteroatoms. The molecule has 3 heterocycles. The minimum atomic E-state index is -0.831. The van der Waals surface area contributed by atoms with E-state index in [1.165, 1.54) is 11.3 Å². The van der Waals surface area contributed by atoms with Crippen LogP contribution in [0.4, 0.5) is 0 Å². The fourth-order valence-electron chi connectivity index (χ4n) is 2.93. The number of nitrogens with zero attached hydrogens (tertiary/aromatic N) is 2. The number of halogens is 2. The van der Waals surface area contributed by atoms with E-state index in [9.17, 15) is 9.59 Å². The zero-order valence-corrected chi connectivity index (χ0v) is 16.5. The summed E-state index contributed by atoms with van der Waals surface area (Å²) in [4.78, 5) is 25.1. The molecule has 0 aliphatic carbocycles. The van der Waals surface area contributed by atoms with Crippen molar-refractivity contribution in [2.45, 2.75) is 26.0 Å². The highest BCUT2D eigenvalue weighted by molar-refractivity contribution is 7.20. The van der Waals surface area contributed by atoms with Crippen LogP contribution in [0.2, 0.25) is 10.0 Å². The average molecular weight is 425 g/mol. The number of benzene rings is 1. The maximum absolute atomic E-state index is 12.4. The number of carbonyl (C=O) groups is 2. The van der Waals surface area contributed by atoms with Crippen LogP contribution in [0.15, 0.2) is 24.3 Å². The molecule has 0 spiro atoms. The Morgan fingerprint density at radius 3 is 2.81 bits per heavy atom. The predicted octanol–water partition coefficient (Wildman–Crippen LogP) is 4.23. The van der Waals surface area contributed by atoms with E-state index in [2.05, 4.69) is 5.10 Å². The van der Waals surface area contributed by atoms with Gasteiger partial charge in [-0.15, -0.1) is 11.3 Å². The van der Waals surface area contributed by atoms with E-state index in [1.807, 2.05) is 6.92 Å². The van der Waals surface area contributed by atoms with Crippen molar-refractivity contribution in [3.8, 4) is 0 Å². The molecule has 0 unspecified atom stereocenters. The third-order valence-corrected chi connectivity index (χ3v) is 6.15. The van der Waals surface area contributed by atoms with E-state index in [-0.39, 0.29) is 6.61 Å². The van der Waals surface area contributed by atoms with Gasteiger partial charge >= 0.3 is 11.9 Å². The van der Waals surface area contributed by atoms with Crippen LogP contribution in [-0.4, -0.2) is 34.4 Å². The van der Waals surface area contributed by atoms with Crippen LogP contribution in [0.3, 0.4) is 0 Å². The molecule has 4 rings (SSSR count). The maximum Gasteiger partial charge on any atom is 0.349 e. The van der Waals surface area contributed by atoms with Crippen LogP contribution in [-0.2, 0) is 20.8 Å². The molecule has 1 saturated heterocycles. The lowest BCUT2D eigenvalue weighted by molar-refractivity contribution is -0.145. The molecule has 0 saturated carbocycles. The molecule has 1 aliphatic rings. The van der Waals surface area contributed by atoms with Crippen molar-refractivity contribution in [3.05, 3.63) is 50.4 Å². The average Bonchev–Trinajstić information content (AvgIpc) is 3.30. The number of esters is 2. The zero-order chi connectivity index (χ0) is 19.1. The second-order valence-corrected chi connectivity index (χ2v) is 7.97. The molecule has 0 radical (unpaired) electrons. The van der Waals surface area contributed by atoms with Gasteiger partial charge in [-0.25, -0.2) is 14.3 Å². The van der Waals surface area contributed by atoms with Crippen molar-refractivity contribution in [2.75, 3.05) is 6.61 Å². The van der Waals surface area contributed by atoms with Crippen LogP contribution in [0.1, 0.15) is 27.3 Å². The zero-order valence-electron chi connectivity index (χ0n) is 14.2. The van der Waals surface area contributed by atoms with Crippen LogP contribution < -0.4 is 0 Å². The predicted molar refractivity (Wildman–Crippen MR) is 103 cm³/mol. The lowest BCUT2D eigenvalue weighted by Crippen LogP contribution is -2.22. The summed E-state index contributed by atoms with van der Waals surface area (Å²) in [5.74, 6) is -1.04. The van der Waals surface area contributed by atoms with Gasteiger partial charge in [-0.05, 0) is 25.1 Å². The van der Waals surface area contributed by atoms with Gasteiger partial charge in [-0.1, -0.05) is 29.3 Å². The molecule has 0 N–H and O–H groups in total. The lowest BCUT2D eigenvalue weighted by Gasteiger charge is -2.08. The summed E-state index contributed by atoms with van der Waals surface area (Å²) in [6.07, 6.45) is -0.449. The van der Waals surface area contributed by atoms with Crippen molar-refractivity contribution in [1.29, 1.82) is 0 Å². The normalized spacial score (nSPS) is 16.7. The van der Waals surface area contributed by atoms with Crippen molar-refractivity contribution in [1.82, 2.24) is 9.78 Å². The first-order chi connectivity index (χ1) is 12.9. The molecule has 1 atom stereocenters. The number of hydrogen-bond acceptors (Lipinski definition) is 6. The Morgan fingerprint density at radius 2 is 2.15 bits per heavy atom. The number of cyclic esters (lactones) is 1. The molecule has 0 bridgehead atoms. The molecule has 140 valence electrons. The highest BCUT2D eigenvalue weighted by Crippen LogP contribution is 2.32. The van der Waals surface area contributed by atoms with E-state index < -0.39 is 18.0 Å². The first-order valence-corrected chi connectivity index (χ1v) is 9.78. The SMILES string of the molecule is Cc1nn(Cc2c(Cl)cccc2Cl)c2sc(C(=O)O[C@@H]3CCOC3=O)cc12. The first-order valence-electron chi connectivity index (χ1n) is 8.21. The molecule has 1 aliphatic heterocycles. The van der Waals surface area contributed by atoms with Gasteiger partial charge in [0.2, 0.25) is 6.10 Å². The van der Waals surface area contributed by atoms with E-state index in [1.54, 1.807) is 28.9 Å². The van der Waals surface area contributed by atoms with Gasteiger partial charge in [0, 0.05) is 27.4 Å². The summed E-state index contributed by atoms with van der Waals surface area (Å²) in [5, 5.41) is 6.49. The number of thiophene rings is 1. The van der Waals surface area contributed by atoms with Crippen molar-refractivity contribution >= 4 is 56.7 Å². The Balaban J connectivity index is 1.64.